The maximum atomic E-state index is 12.4. The summed E-state index contributed by atoms with van der Waals surface area (Å²) in [4.78, 5) is 15.1. The number of urea groups is 1. The van der Waals surface area contributed by atoms with Gasteiger partial charge in [0.25, 0.3) is 0 Å². The van der Waals surface area contributed by atoms with Gasteiger partial charge in [0, 0.05) is 10.7 Å². The van der Waals surface area contributed by atoms with Gasteiger partial charge in [0.1, 0.15) is 19.1 Å². The summed E-state index contributed by atoms with van der Waals surface area (Å²) in [5.41, 5.74) is 0.684. The number of halogens is 1. The molecule has 1 aliphatic rings. The van der Waals surface area contributed by atoms with Gasteiger partial charge in [-0.25, -0.2) is 4.79 Å². The van der Waals surface area contributed by atoms with Gasteiger partial charge in [0.05, 0.1) is 24.1 Å². The van der Waals surface area contributed by atoms with Gasteiger partial charge >= 0.3 is 6.03 Å². The molecule has 1 saturated heterocycles. The molecule has 134 valence electrons. The molecule has 0 aliphatic carbocycles. The Morgan fingerprint density at radius 2 is 2.08 bits per heavy atom. The summed E-state index contributed by atoms with van der Waals surface area (Å²) in [6.07, 6.45) is 0. The van der Waals surface area contributed by atoms with Crippen molar-refractivity contribution in [2.45, 2.75) is 19.0 Å². The van der Waals surface area contributed by atoms with Crippen molar-refractivity contribution >= 4 is 34.7 Å². The fraction of sp³-hybridized carbons (Fsp3) is 0.389. The summed E-state index contributed by atoms with van der Waals surface area (Å²) < 4.78 is 5.49. The van der Waals surface area contributed by atoms with E-state index in [9.17, 15) is 4.79 Å². The molecule has 2 atom stereocenters. The minimum atomic E-state index is -0.219. The quantitative estimate of drug-likeness (QED) is 0.746. The van der Waals surface area contributed by atoms with E-state index in [2.05, 4.69) is 35.1 Å². The van der Waals surface area contributed by atoms with Crippen LogP contribution in [0.3, 0.4) is 0 Å². The van der Waals surface area contributed by atoms with Gasteiger partial charge in [-0.2, -0.15) is 0 Å². The highest BCUT2D eigenvalue weighted by molar-refractivity contribution is 7.10. The summed E-state index contributed by atoms with van der Waals surface area (Å²) in [5, 5.41) is 8.62. The van der Waals surface area contributed by atoms with E-state index in [0.717, 1.165) is 26.3 Å². The second kappa shape index (κ2) is 8.67. The second-order valence-electron chi connectivity index (χ2n) is 6.16. The average molecular weight is 381 g/mol. The first kappa shape index (κ1) is 18.2. The van der Waals surface area contributed by atoms with E-state index in [-0.39, 0.29) is 18.1 Å². The molecule has 0 saturated carbocycles. The maximum Gasteiger partial charge on any atom is 0.319 e. The summed E-state index contributed by atoms with van der Waals surface area (Å²) in [6, 6.07) is 11.3. The molecule has 0 unspecified atom stereocenters. The van der Waals surface area contributed by atoms with Gasteiger partial charge in [-0.3, -0.25) is 0 Å². The van der Waals surface area contributed by atoms with Gasteiger partial charge in [0.2, 0.25) is 0 Å². The molecule has 0 spiro atoms. The third kappa shape index (κ3) is 4.95. The molecule has 2 heterocycles. The van der Waals surface area contributed by atoms with E-state index in [4.69, 9.17) is 16.3 Å². The molecule has 2 amide bonds. The SMILES string of the molecule is C[C@@H](NC(=O)Nc1cccc(Cl)c1)[C@@H](c1cccs1)[NH+]1CCOCC1. The Bertz CT molecular complexity index is 689. The summed E-state index contributed by atoms with van der Waals surface area (Å²) in [5.74, 6) is 0. The number of anilines is 1. The number of nitrogens with one attached hydrogen (secondary N) is 3. The standard InChI is InChI=1S/C18H22ClN3O2S/c1-13(20-18(23)21-15-5-2-4-14(19)12-15)17(16-6-3-11-25-16)22-7-9-24-10-8-22/h2-6,11-13,17H,7-10H2,1H3,(H2,20,21,23)/p+1/t13-,17+/m1/s1. The molecule has 5 nitrogen and oxygen atoms in total. The first-order valence-electron chi connectivity index (χ1n) is 8.42. The highest BCUT2D eigenvalue weighted by Gasteiger charge is 2.33. The van der Waals surface area contributed by atoms with E-state index >= 15 is 0 Å². The van der Waals surface area contributed by atoms with Gasteiger partial charge in [-0.1, -0.05) is 23.7 Å². The number of hydrogen-bond donors (Lipinski definition) is 3. The summed E-state index contributed by atoms with van der Waals surface area (Å²) in [6.45, 7) is 5.48. The highest BCUT2D eigenvalue weighted by Crippen LogP contribution is 2.20. The summed E-state index contributed by atoms with van der Waals surface area (Å²) in [7, 11) is 0. The zero-order valence-electron chi connectivity index (χ0n) is 14.1. The summed E-state index contributed by atoms with van der Waals surface area (Å²) >= 11 is 7.70. The molecular weight excluding hydrogens is 358 g/mol. The lowest BCUT2D eigenvalue weighted by atomic mass is 10.1. The normalized spacial score (nSPS) is 17.7. The smallest absolute Gasteiger partial charge is 0.319 e. The van der Waals surface area contributed by atoms with Crippen molar-refractivity contribution in [3.8, 4) is 0 Å². The van der Waals surface area contributed by atoms with Crippen LogP contribution >= 0.6 is 22.9 Å². The third-order valence-corrected chi connectivity index (χ3v) is 5.56. The molecule has 1 aromatic heterocycles. The fourth-order valence-corrected chi connectivity index (χ4v) is 4.42. The van der Waals surface area contributed by atoms with Gasteiger partial charge in [-0.05, 0) is 36.6 Å². The van der Waals surface area contributed by atoms with Crippen LogP contribution in [-0.4, -0.2) is 38.4 Å². The Morgan fingerprint density at radius 3 is 2.76 bits per heavy atom. The molecule has 2 aromatic rings. The number of thiophene rings is 1. The minimum Gasteiger partial charge on any atom is -0.370 e. The van der Waals surface area contributed by atoms with Crippen LogP contribution in [0.1, 0.15) is 17.8 Å². The van der Waals surface area contributed by atoms with E-state index < -0.39 is 0 Å². The average Bonchev–Trinajstić information content (AvgIpc) is 3.10. The molecule has 1 aliphatic heterocycles. The van der Waals surface area contributed by atoms with Crippen LogP contribution in [0, 0.1) is 0 Å². The number of ether oxygens (including phenoxy) is 1. The van der Waals surface area contributed by atoms with Gasteiger partial charge in [-0.15, -0.1) is 11.3 Å². The lowest BCUT2D eigenvalue weighted by molar-refractivity contribution is -0.939. The first-order valence-corrected chi connectivity index (χ1v) is 9.68. The number of carbonyl (C=O) groups is 1. The van der Waals surface area contributed by atoms with Crippen molar-refractivity contribution in [2.24, 2.45) is 0 Å². The third-order valence-electron chi connectivity index (χ3n) is 4.37. The topological polar surface area (TPSA) is 54.8 Å². The van der Waals surface area contributed by atoms with Crippen LogP contribution in [0.2, 0.25) is 5.02 Å². The lowest BCUT2D eigenvalue weighted by Crippen LogP contribution is -3.15. The Balaban J connectivity index is 1.67. The number of hydrogen-bond acceptors (Lipinski definition) is 3. The van der Waals surface area contributed by atoms with Crippen molar-refractivity contribution in [3.05, 3.63) is 51.7 Å². The van der Waals surface area contributed by atoms with Crippen LogP contribution in [0.4, 0.5) is 10.5 Å². The monoisotopic (exact) mass is 380 g/mol. The fourth-order valence-electron chi connectivity index (χ4n) is 3.24. The Hall–Kier alpha value is -1.60. The molecular formula is C18H23ClN3O2S+. The van der Waals surface area contributed by atoms with Crippen LogP contribution < -0.4 is 15.5 Å². The number of rotatable bonds is 5. The molecule has 3 N–H and O–H groups in total. The van der Waals surface area contributed by atoms with Crippen molar-refractivity contribution in [3.63, 3.8) is 0 Å². The zero-order valence-corrected chi connectivity index (χ0v) is 15.7. The highest BCUT2D eigenvalue weighted by atomic mass is 35.5. The molecule has 1 aromatic carbocycles. The minimum absolute atomic E-state index is 0.00839. The molecule has 3 rings (SSSR count). The Morgan fingerprint density at radius 1 is 1.28 bits per heavy atom. The predicted octanol–water partition coefficient (Wildman–Crippen LogP) is 2.57. The number of morpholine rings is 1. The Labute approximate surface area is 156 Å². The number of amides is 2. The van der Waals surface area contributed by atoms with E-state index in [1.165, 1.54) is 9.78 Å². The van der Waals surface area contributed by atoms with Crippen LogP contribution in [-0.2, 0) is 4.74 Å². The molecule has 1 fully saturated rings. The van der Waals surface area contributed by atoms with Crippen molar-refractivity contribution in [1.29, 1.82) is 0 Å². The molecule has 0 bridgehead atoms. The van der Waals surface area contributed by atoms with Crippen molar-refractivity contribution in [2.75, 3.05) is 31.6 Å². The molecule has 7 heteroatoms. The van der Waals surface area contributed by atoms with Crippen LogP contribution in [0.5, 0.6) is 0 Å². The lowest BCUT2D eigenvalue weighted by Gasteiger charge is -2.34. The largest absolute Gasteiger partial charge is 0.370 e. The Kier molecular flexibility index (Phi) is 6.31. The van der Waals surface area contributed by atoms with Crippen molar-refractivity contribution in [1.82, 2.24) is 5.32 Å². The van der Waals surface area contributed by atoms with Crippen LogP contribution in [0.25, 0.3) is 0 Å². The molecule has 25 heavy (non-hydrogen) atoms. The van der Waals surface area contributed by atoms with E-state index in [0.29, 0.717) is 10.7 Å². The van der Waals surface area contributed by atoms with E-state index in [1.54, 1.807) is 23.5 Å². The van der Waals surface area contributed by atoms with Gasteiger partial charge < -0.3 is 20.3 Å². The zero-order chi connectivity index (χ0) is 17.6. The maximum absolute atomic E-state index is 12.4. The van der Waals surface area contributed by atoms with E-state index in [1.807, 2.05) is 12.1 Å². The molecule has 0 radical (unpaired) electrons. The predicted molar refractivity (Wildman–Crippen MR) is 102 cm³/mol. The number of carbonyl (C=O) groups excluding carboxylic acids is 1. The second-order valence-corrected chi connectivity index (χ2v) is 7.58. The number of benzene rings is 1. The first-order chi connectivity index (χ1) is 12.1. The van der Waals surface area contributed by atoms with Gasteiger partial charge in [0.15, 0.2) is 0 Å². The number of quaternary nitrogens is 1. The van der Waals surface area contributed by atoms with Crippen LogP contribution in [0.15, 0.2) is 41.8 Å². The van der Waals surface area contributed by atoms with Crippen molar-refractivity contribution < 1.29 is 14.4 Å².